The van der Waals surface area contributed by atoms with E-state index in [0.717, 1.165) is 29.8 Å². The predicted molar refractivity (Wildman–Crippen MR) is 70.1 cm³/mol. The zero-order chi connectivity index (χ0) is 11.8. The van der Waals surface area contributed by atoms with Crippen molar-refractivity contribution in [1.82, 2.24) is 14.5 Å². The van der Waals surface area contributed by atoms with Gasteiger partial charge in [-0.1, -0.05) is 25.1 Å². The number of imidazole rings is 1. The van der Waals surface area contributed by atoms with Crippen molar-refractivity contribution < 1.29 is 0 Å². The van der Waals surface area contributed by atoms with Crippen LogP contribution in [0.25, 0.3) is 21.9 Å². The average molecular weight is 225 g/mol. The highest BCUT2D eigenvalue weighted by atomic mass is 15.1. The van der Waals surface area contributed by atoms with Gasteiger partial charge in [0.15, 0.2) is 0 Å². The molecule has 0 fully saturated rings. The van der Waals surface area contributed by atoms with Crippen molar-refractivity contribution in [2.75, 3.05) is 0 Å². The van der Waals surface area contributed by atoms with Gasteiger partial charge >= 0.3 is 0 Å². The highest BCUT2D eigenvalue weighted by Gasteiger charge is 2.10. The Kier molecular flexibility index (Phi) is 2.32. The molecule has 0 amide bonds. The van der Waals surface area contributed by atoms with Gasteiger partial charge in [-0.15, -0.1) is 0 Å². The van der Waals surface area contributed by atoms with Crippen molar-refractivity contribution in [3.8, 4) is 0 Å². The second-order valence-corrected chi connectivity index (χ2v) is 4.32. The van der Waals surface area contributed by atoms with Crippen molar-refractivity contribution in [2.24, 2.45) is 0 Å². The SMILES string of the molecule is CCCn1c(C)nc2cnc3ccccc3c21. The maximum absolute atomic E-state index is 4.58. The molecule has 0 saturated heterocycles. The third-order valence-electron chi connectivity index (χ3n) is 3.12. The fraction of sp³-hybridized carbons (Fsp3) is 0.286. The minimum absolute atomic E-state index is 0.995. The number of aryl methyl sites for hydroxylation is 2. The Bertz CT molecular complexity index is 682. The summed E-state index contributed by atoms with van der Waals surface area (Å²) in [5.41, 5.74) is 3.25. The molecule has 0 aliphatic carbocycles. The summed E-state index contributed by atoms with van der Waals surface area (Å²) in [5, 5.41) is 1.19. The standard InChI is InChI=1S/C14H15N3/c1-3-8-17-10(2)16-13-9-15-12-7-5-4-6-11(12)14(13)17/h4-7,9H,3,8H2,1-2H3. The third kappa shape index (κ3) is 1.50. The number of rotatable bonds is 2. The summed E-state index contributed by atoms with van der Waals surface area (Å²) in [5.74, 6) is 1.07. The summed E-state index contributed by atoms with van der Waals surface area (Å²) in [4.78, 5) is 9.03. The number of aromatic nitrogens is 3. The zero-order valence-corrected chi connectivity index (χ0v) is 10.1. The molecule has 0 atom stereocenters. The molecule has 0 N–H and O–H groups in total. The number of nitrogens with zero attached hydrogens (tertiary/aromatic N) is 3. The van der Waals surface area contributed by atoms with Gasteiger partial charge in [-0.3, -0.25) is 4.98 Å². The van der Waals surface area contributed by atoms with Gasteiger partial charge in [0.05, 0.1) is 17.2 Å². The molecule has 86 valence electrons. The summed E-state index contributed by atoms with van der Waals surface area (Å²) >= 11 is 0. The Morgan fingerprint density at radius 2 is 2.00 bits per heavy atom. The van der Waals surface area contributed by atoms with Gasteiger partial charge < -0.3 is 4.57 Å². The van der Waals surface area contributed by atoms with Crippen LogP contribution in [0.1, 0.15) is 19.2 Å². The summed E-state index contributed by atoms with van der Waals surface area (Å²) in [6.45, 7) is 5.26. The zero-order valence-electron chi connectivity index (χ0n) is 10.1. The van der Waals surface area contributed by atoms with E-state index in [1.807, 2.05) is 18.3 Å². The fourth-order valence-electron chi connectivity index (χ4n) is 2.38. The van der Waals surface area contributed by atoms with E-state index in [2.05, 4.69) is 40.5 Å². The first kappa shape index (κ1) is 10.3. The number of hydrogen-bond donors (Lipinski definition) is 0. The predicted octanol–water partition coefficient (Wildman–Crippen LogP) is 3.30. The van der Waals surface area contributed by atoms with Gasteiger partial charge in [-0.05, 0) is 19.4 Å². The smallest absolute Gasteiger partial charge is 0.108 e. The van der Waals surface area contributed by atoms with Crippen LogP contribution in [0.2, 0.25) is 0 Å². The van der Waals surface area contributed by atoms with E-state index < -0.39 is 0 Å². The normalized spacial score (nSPS) is 11.4. The molecule has 0 aliphatic heterocycles. The number of benzene rings is 1. The molecule has 0 spiro atoms. The summed E-state index contributed by atoms with van der Waals surface area (Å²) in [7, 11) is 0. The van der Waals surface area contributed by atoms with E-state index in [-0.39, 0.29) is 0 Å². The Morgan fingerprint density at radius 1 is 1.18 bits per heavy atom. The Hall–Kier alpha value is -1.90. The Morgan fingerprint density at radius 3 is 2.82 bits per heavy atom. The summed E-state index contributed by atoms with van der Waals surface area (Å²) < 4.78 is 2.29. The van der Waals surface area contributed by atoms with Crippen LogP contribution < -0.4 is 0 Å². The Balaban J connectivity index is 2.46. The van der Waals surface area contributed by atoms with Crippen molar-refractivity contribution in [2.45, 2.75) is 26.8 Å². The largest absolute Gasteiger partial charge is 0.328 e. The van der Waals surface area contributed by atoms with Crippen LogP contribution in [-0.2, 0) is 6.54 Å². The fourth-order valence-corrected chi connectivity index (χ4v) is 2.38. The van der Waals surface area contributed by atoms with Crippen molar-refractivity contribution in [1.29, 1.82) is 0 Å². The van der Waals surface area contributed by atoms with E-state index >= 15 is 0 Å². The van der Waals surface area contributed by atoms with Crippen molar-refractivity contribution >= 4 is 21.9 Å². The van der Waals surface area contributed by atoms with Crippen molar-refractivity contribution in [3.63, 3.8) is 0 Å². The van der Waals surface area contributed by atoms with Crippen LogP contribution in [0.4, 0.5) is 0 Å². The summed E-state index contributed by atoms with van der Waals surface area (Å²) in [6.07, 6.45) is 2.99. The van der Waals surface area contributed by atoms with Crippen LogP contribution in [0.3, 0.4) is 0 Å². The maximum Gasteiger partial charge on any atom is 0.108 e. The number of para-hydroxylation sites is 1. The van der Waals surface area contributed by atoms with E-state index in [1.54, 1.807) is 0 Å². The van der Waals surface area contributed by atoms with Crippen molar-refractivity contribution in [3.05, 3.63) is 36.3 Å². The number of fused-ring (bicyclic) bond motifs is 3. The second-order valence-electron chi connectivity index (χ2n) is 4.32. The third-order valence-corrected chi connectivity index (χ3v) is 3.12. The van der Waals surface area contributed by atoms with Crippen LogP contribution in [0, 0.1) is 6.92 Å². The molecule has 2 aromatic heterocycles. The number of pyridine rings is 1. The van der Waals surface area contributed by atoms with E-state index in [1.165, 1.54) is 10.9 Å². The lowest BCUT2D eigenvalue weighted by atomic mass is 10.2. The maximum atomic E-state index is 4.58. The van der Waals surface area contributed by atoms with E-state index in [0.29, 0.717) is 0 Å². The molecule has 0 bridgehead atoms. The van der Waals surface area contributed by atoms with E-state index in [9.17, 15) is 0 Å². The first-order valence-corrected chi connectivity index (χ1v) is 6.02. The topological polar surface area (TPSA) is 30.7 Å². The molecule has 0 aliphatic rings. The average Bonchev–Trinajstić information content (AvgIpc) is 2.67. The monoisotopic (exact) mass is 225 g/mol. The number of hydrogen-bond acceptors (Lipinski definition) is 2. The minimum atomic E-state index is 0.995. The van der Waals surface area contributed by atoms with Crippen LogP contribution in [-0.4, -0.2) is 14.5 Å². The van der Waals surface area contributed by atoms with Crippen LogP contribution in [0.15, 0.2) is 30.5 Å². The molecular weight excluding hydrogens is 210 g/mol. The molecular formula is C14H15N3. The molecule has 3 heteroatoms. The quantitative estimate of drug-likeness (QED) is 0.670. The van der Waals surface area contributed by atoms with Gasteiger partial charge in [0, 0.05) is 11.9 Å². The Labute approximate surface area is 100 Å². The molecule has 0 radical (unpaired) electrons. The van der Waals surface area contributed by atoms with Gasteiger partial charge in [-0.2, -0.15) is 0 Å². The lowest BCUT2D eigenvalue weighted by Gasteiger charge is -2.06. The summed E-state index contributed by atoms with van der Waals surface area (Å²) in [6, 6.07) is 8.25. The molecule has 3 aromatic rings. The molecule has 2 heterocycles. The van der Waals surface area contributed by atoms with E-state index in [4.69, 9.17) is 0 Å². The van der Waals surface area contributed by atoms with Gasteiger partial charge in [0.2, 0.25) is 0 Å². The second kappa shape index (κ2) is 3.84. The molecule has 3 rings (SSSR count). The van der Waals surface area contributed by atoms with Gasteiger partial charge in [-0.25, -0.2) is 4.98 Å². The van der Waals surface area contributed by atoms with Gasteiger partial charge in [0.1, 0.15) is 11.3 Å². The lowest BCUT2D eigenvalue weighted by Crippen LogP contribution is -1.99. The molecule has 17 heavy (non-hydrogen) atoms. The molecule has 0 saturated carbocycles. The lowest BCUT2D eigenvalue weighted by molar-refractivity contribution is 0.677. The highest BCUT2D eigenvalue weighted by Crippen LogP contribution is 2.24. The van der Waals surface area contributed by atoms with Crippen LogP contribution in [0.5, 0.6) is 0 Å². The van der Waals surface area contributed by atoms with Gasteiger partial charge in [0.25, 0.3) is 0 Å². The molecule has 3 nitrogen and oxygen atoms in total. The first-order valence-electron chi connectivity index (χ1n) is 6.02. The minimum Gasteiger partial charge on any atom is -0.328 e. The van der Waals surface area contributed by atoms with Crippen LogP contribution >= 0.6 is 0 Å². The first-order chi connectivity index (χ1) is 8.31. The molecule has 1 aromatic carbocycles. The molecule has 0 unspecified atom stereocenters. The highest BCUT2D eigenvalue weighted by molar-refractivity contribution is 6.02.